The highest BCUT2D eigenvalue weighted by atomic mass is 19.1. The summed E-state index contributed by atoms with van der Waals surface area (Å²) in [6.07, 6.45) is 2.05. The third-order valence-electron chi connectivity index (χ3n) is 2.75. The molecule has 15 heavy (non-hydrogen) atoms. The molecule has 0 aromatic carbocycles. The number of piperidine rings is 1. The maximum Gasteiger partial charge on any atom is 0.230 e. The first-order valence-corrected chi connectivity index (χ1v) is 5.35. The van der Waals surface area contributed by atoms with Gasteiger partial charge in [-0.1, -0.05) is 0 Å². The van der Waals surface area contributed by atoms with E-state index in [1.165, 1.54) is 0 Å². The number of alkyl halides is 1. The number of aromatic nitrogens is 2. The minimum atomic E-state index is -0.223. The molecule has 84 valence electrons. The van der Waals surface area contributed by atoms with Gasteiger partial charge in [0, 0.05) is 19.4 Å². The van der Waals surface area contributed by atoms with Crippen molar-refractivity contribution in [2.45, 2.75) is 26.3 Å². The molecule has 1 fully saturated rings. The SMILES string of the molecule is Cc1nnc(CN2CCCC(CF)C2)o1. The fraction of sp³-hybridized carbons (Fsp3) is 0.800. The molecular formula is C10H16FN3O. The molecule has 1 unspecified atom stereocenters. The maximum absolute atomic E-state index is 12.5. The Morgan fingerprint density at radius 2 is 2.40 bits per heavy atom. The first-order chi connectivity index (χ1) is 7.28. The molecule has 4 nitrogen and oxygen atoms in total. The smallest absolute Gasteiger partial charge is 0.230 e. The Morgan fingerprint density at radius 3 is 3.07 bits per heavy atom. The minimum Gasteiger partial charge on any atom is -0.424 e. The lowest BCUT2D eigenvalue weighted by Gasteiger charge is -2.30. The number of hydrogen-bond acceptors (Lipinski definition) is 4. The van der Waals surface area contributed by atoms with Crippen LogP contribution in [0, 0.1) is 12.8 Å². The van der Waals surface area contributed by atoms with E-state index in [2.05, 4.69) is 15.1 Å². The Kier molecular flexibility index (Phi) is 3.30. The molecule has 0 N–H and O–H groups in total. The second kappa shape index (κ2) is 4.70. The van der Waals surface area contributed by atoms with Crippen molar-refractivity contribution in [3.05, 3.63) is 11.8 Å². The molecule has 1 aromatic heterocycles. The molecule has 1 saturated heterocycles. The summed E-state index contributed by atoms with van der Waals surface area (Å²) in [5.41, 5.74) is 0. The van der Waals surface area contributed by atoms with Crippen molar-refractivity contribution in [2.75, 3.05) is 19.8 Å². The molecule has 0 saturated carbocycles. The van der Waals surface area contributed by atoms with Gasteiger partial charge >= 0.3 is 0 Å². The van der Waals surface area contributed by atoms with Gasteiger partial charge in [0.2, 0.25) is 11.8 Å². The quantitative estimate of drug-likeness (QED) is 0.764. The number of hydrogen-bond donors (Lipinski definition) is 0. The maximum atomic E-state index is 12.5. The number of aryl methyl sites for hydroxylation is 1. The largest absolute Gasteiger partial charge is 0.424 e. The average Bonchev–Trinajstić information content (AvgIpc) is 2.64. The molecule has 1 aliphatic heterocycles. The number of nitrogens with zero attached hydrogens (tertiary/aromatic N) is 3. The first-order valence-electron chi connectivity index (χ1n) is 5.35. The van der Waals surface area contributed by atoms with E-state index in [0.29, 0.717) is 18.3 Å². The van der Waals surface area contributed by atoms with Crippen LogP contribution >= 0.6 is 0 Å². The predicted molar refractivity (Wildman–Crippen MR) is 53.0 cm³/mol. The van der Waals surface area contributed by atoms with Crippen molar-refractivity contribution >= 4 is 0 Å². The third-order valence-corrected chi connectivity index (χ3v) is 2.75. The summed E-state index contributed by atoms with van der Waals surface area (Å²) in [6.45, 7) is 4.00. The second-order valence-electron chi connectivity index (χ2n) is 4.11. The Hall–Kier alpha value is -0.970. The number of rotatable bonds is 3. The molecule has 0 amide bonds. The van der Waals surface area contributed by atoms with Gasteiger partial charge in [-0.3, -0.25) is 9.29 Å². The van der Waals surface area contributed by atoms with Crippen molar-refractivity contribution in [1.82, 2.24) is 15.1 Å². The highest BCUT2D eigenvalue weighted by Gasteiger charge is 2.21. The average molecular weight is 213 g/mol. The van der Waals surface area contributed by atoms with Crippen LogP contribution in [0.4, 0.5) is 4.39 Å². The second-order valence-corrected chi connectivity index (χ2v) is 4.11. The molecule has 0 aliphatic carbocycles. The Morgan fingerprint density at radius 1 is 1.53 bits per heavy atom. The van der Waals surface area contributed by atoms with Crippen molar-refractivity contribution in [3.63, 3.8) is 0 Å². The zero-order valence-corrected chi connectivity index (χ0v) is 8.95. The van der Waals surface area contributed by atoms with Gasteiger partial charge in [-0.05, 0) is 19.4 Å². The zero-order chi connectivity index (χ0) is 10.7. The standard InChI is InChI=1S/C10H16FN3O/c1-8-12-13-10(15-8)7-14-4-2-3-9(5-11)6-14/h9H,2-7H2,1H3. The monoisotopic (exact) mass is 213 g/mol. The topological polar surface area (TPSA) is 42.2 Å². The van der Waals surface area contributed by atoms with Crippen LogP contribution in [0.5, 0.6) is 0 Å². The molecule has 5 heteroatoms. The lowest BCUT2D eigenvalue weighted by Crippen LogP contribution is -2.35. The van der Waals surface area contributed by atoms with Crippen molar-refractivity contribution in [3.8, 4) is 0 Å². The molecule has 2 heterocycles. The van der Waals surface area contributed by atoms with Crippen LogP contribution in [-0.2, 0) is 6.54 Å². The van der Waals surface area contributed by atoms with E-state index in [-0.39, 0.29) is 12.6 Å². The highest BCUT2D eigenvalue weighted by molar-refractivity contribution is 4.81. The summed E-state index contributed by atoms with van der Waals surface area (Å²) >= 11 is 0. The minimum absolute atomic E-state index is 0.183. The molecule has 0 spiro atoms. The summed E-state index contributed by atoms with van der Waals surface area (Å²) in [6, 6.07) is 0. The van der Waals surface area contributed by atoms with Crippen LogP contribution in [0.15, 0.2) is 4.42 Å². The molecule has 0 bridgehead atoms. The van der Waals surface area contributed by atoms with Crippen molar-refractivity contribution in [2.24, 2.45) is 5.92 Å². The van der Waals surface area contributed by atoms with Crippen LogP contribution in [0.25, 0.3) is 0 Å². The molecule has 1 atom stereocenters. The zero-order valence-electron chi connectivity index (χ0n) is 8.95. The summed E-state index contributed by atoms with van der Waals surface area (Å²) in [5, 5.41) is 7.71. The van der Waals surface area contributed by atoms with Gasteiger partial charge < -0.3 is 4.42 Å². The lowest BCUT2D eigenvalue weighted by molar-refractivity contribution is 0.137. The van der Waals surface area contributed by atoms with Gasteiger partial charge in [-0.2, -0.15) is 0 Å². The van der Waals surface area contributed by atoms with E-state index in [4.69, 9.17) is 4.42 Å². The van der Waals surface area contributed by atoms with Crippen molar-refractivity contribution < 1.29 is 8.81 Å². The Balaban J connectivity index is 1.88. The summed E-state index contributed by atoms with van der Waals surface area (Å²) in [7, 11) is 0. The van der Waals surface area contributed by atoms with Gasteiger partial charge in [0.1, 0.15) is 0 Å². The van der Waals surface area contributed by atoms with Crippen LogP contribution < -0.4 is 0 Å². The third kappa shape index (κ3) is 2.75. The van der Waals surface area contributed by atoms with Gasteiger partial charge in [0.15, 0.2) is 0 Å². The van der Waals surface area contributed by atoms with Crippen LogP contribution in [0.3, 0.4) is 0 Å². The van der Waals surface area contributed by atoms with E-state index in [9.17, 15) is 4.39 Å². The van der Waals surface area contributed by atoms with Crippen molar-refractivity contribution in [1.29, 1.82) is 0 Å². The van der Waals surface area contributed by atoms with E-state index >= 15 is 0 Å². The van der Waals surface area contributed by atoms with Gasteiger partial charge in [0.25, 0.3) is 0 Å². The Labute approximate surface area is 88.5 Å². The predicted octanol–water partition coefficient (Wildman–Crippen LogP) is 1.56. The summed E-state index contributed by atoms with van der Waals surface area (Å²) in [5.74, 6) is 1.40. The molecular weight excluding hydrogens is 197 g/mol. The normalized spacial score (nSPS) is 23.2. The van der Waals surface area contributed by atoms with E-state index < -0.39 is 0 Å². The fourth-order valence-electron chi connectivity index (χ4n) is 2.01. The van der Waals surface area contributed by atoms with E-state index in [1.807, 2.05) is 0 Å². The lowest BCUT2D eigenvalue weighted by atomic mass is 10.00. The first kappa shape index (κ1) is 10.5. The van der Waals surface area contributed by atoms with E-state index in [1.54, 1.807) is 6.92 Å². The number of halogens is 1. The summed E-state index contributed by atoms with van der Waals surface area (Å²) in [4.78, 5) is 2.18. The fourth-order valence-corrected chi connectivity index (χ4v) is 2.01. The van der Waals surface area contributed by atoms with Crippen LogP contribution in [-0.4, -0.2) is 34.9 Å². The Bertz CT molecular complexity index is 315. The summed E-state index contributed by atoms with van der Waals surface area (Å²) < 4.78 is 17.8. The highest BCUT2D eigenvalue weighted by Crippen LogP contribution is 2.18. The molecule has 2 rings (SSSR count). The van der Waals surface area contributed by atoms with E-state index in [0.717, 1.165) is 25.9 Å². The van der Waals surface area contributed by atoms with Gasteiger partial charge in [0.05, 0.1) is 13.2 Å². The van der Waals surface area contributed by atoms with Crippen LogP contribution in [0.1, 0.15) is 24.6 Å². The van der Waals surface area contributed by atoms with Gasteiger partial charge in [-0.25, -0.2) is 0 Å². The number of likely N-dealkylation sites (tertiary alicyclic amines) is 1. The molecule has 1 aliphatic rings. The molecule has 1 aromatic rings. The molecule has 0 radical (unpaired) electrons. The van der Waals surface area contributed by atoms with Gasteiger partial charge in [-0.15, -0.1) is 10.2 Å². The van der Waals surface area contributed by atoms with Crippen LogP contribution in [0.2, 0.25) is 0 Å².